The van der Waals surface area contributed by atoms with Gasteiger partial charge in [-0.25, -0.2) is 4.39 Å². The van der Waals surface area contributed by atoms with Crippen molar-refractivity contribution in [3.63, 3.8) is 0 Å². The summed E-state index contributed by atoms with van der Waals surface area (Å²) in [6.45, 7) is 0.521. The number of benzene rings is 1. The molecule has 0 fully saturated rings. The number of ether oxygens (including phenoxy) is 1. The molecule has 0 aliphatic rings. The average Bonchev–Trinajstić information content (AvgIpc) is 2.05. The molecular formula is C9H9ClFO. The fraction of sp³-hybridized carbons (Fsp3) is 0.333. The third-order valence-electron chi connectivity index (χ3n) is 1.28. The zero-order valence-electron chi connectivity index (χ0n) is 6.52. The first-order valence-electron chi connectivity index (χ1n) is 3.69. The minimum Gasteiger partial charge on any atom is -0.493 e. The Bertz CT molecular complexity index is 240. The summed E-state index contributed by atoms with van der Waals surface area (Å²) in [5.74, 6) is 0.677. The molecule has 0 heterocycles. The van der Waals surface area contributed by atoms with Crippen molar-refractivity contribution in [2.24, 2.45) is 0 Å². The van der Waals surface area contributed by atoms with Gasteiger partial charge in [0.15, 0.2) is 0 Å². The molecule has 1 aromatic carbocycles. The third kappa shape index (κ3) is 3.09. The molecule has 0 spiro atoms. The normalized spacial score (nSPS) is 9.83. The Morgan fingerprint density at radius 1 is 1.58 bits per heavy atom. The Balaban J connectivity index is 2.41. The van der Waals surface area contributed by atoms with Gasteiger partial charge < -0.3 is 4.74 Å². The lowest BCUT2D eigenvalue weighted by Gasteiger charge is -2.03. The molecule has 0 atom stereocenters. The Hall–Kier alpha value is -0.760. The summed E-state index contributed by atoms with van der Waals surface area (Å²) < 4.78 is 17.7. The van der Waals surface area contributed by atoms with Crippen molar-refractivity contribution in [3.05, 3.63) is 30.1 Å². The number of rotatable bonds is 4. The average molecular weight is 188 g/mol. The molecule has 0 saturated carbocycles. The van der Waals surface area contributed by atoms with Gasteiger partial charge in [-0.3, -0.25) is 0 Å². The second-order valence-electron chi connectivity index (χ2n) is 2.26. The van der Waals surface area contributed by atoms with E-state index < -0.39 is 5.82 Å². The molecule has 1 rings (SSSR count). The van der Waals surface area contributed by atoms with Gasteiger partial charge in [-0.1, -0.05) is 0 Å². The minimum absolute atomic E-state index is 0.404. The van der Waals surface area contributed by atoms with E-state index in [9.17, 15) is 4.39 Å². The third-order valence-corrected chi connectivity index (χ3v) is 1.55. The maximum Gasteiger partial charge on any atom is 0.134 e. The highest BCUT2D eigenvalue weighted by atomic mass is 35.5. The summed E-state index contributed by atoms with van der Waals surface area (Å²) in [5, 5.41) is 0. The summed E-state index contributed by atoms with van der Waals surface area (Å²) in [6.07, 6.45) is 0.766. The molecule has 0 aromatic heterocycles. The molecule has 1 nitrogen and oxygen atoms in total. The van der Waals surface area contributed by atoms with Gasteiger partial charge in [0, 0.05) is 18.0 Å². The Morgan fingerprint density at radius 2 is 2.42 bits per heavy atom. The highest BCUT2D eigenvalue weighted by Crippen LogP contribution is 2.11. The summed E-state index contributed by atoms with van der Waals surface area (Å²) in [6, 6.07) is 6.84. The van der Waals surface area contributed by atoms with Crippen LogP contribution in [0.5, 0.6) is 5.75 Å². The monoisotopic (exact) mass is 187 g/mol. The lowest BCUT2D eigenvalue weighted by Crippen LogP contribution is -1.97. The van der Waals surface area contributed by atoms with E-state index >= 15 is 0 Å². The second kappa shape index (κ2) is 4.99. The predicted molar refractivity (Wildman–Crippen MR) is 46.1 cm³/mol. The van der Waals surface area contributed by atoms with Crippen LogP contribution in [0, 0.1) is 11.9 Å². The van der Waals surface area contributed by atoms with Crippen LogP contribution in [0.4, 0.5) is 4.39 Å². The molecule has 0 aliphatic carbocycles. The van der Waals surface area contributed by atoms with Crippen LogP contribution in [0.15, 0.2) is 18.2 Å². The van der Waals surface area contributed by atoms with Gasteiger partial charge in [0.1, 0.15) is 11.6 Å². The Morgan fingerprint density at radius 3 is 3.08 bits per heavy atom. The van der Waals surface area contributed by atoms with E-state index in [0.717, 1.165) is 6.42 Å². The van der Waals surface area contributed by atoms with Crippen LogP contribution >= 0.6 is 11.6 Å². The molecule has 0 unspecified atom stereocenters. The van der Waals surface area contributed by atoms with Crippen LogP contribution in [-0.2, 0) is 0 Å². The van der Waals surface area contributed by atoms with Crippen molar-refractivity contribution < 1.29 is 9.13 Å². The van der Waals surface area contributed by atoms with Crippen molar-refractivity contribution in [1.82, 2.24) is 0 Å². The molecular weight excluding hydrogens is 179 g/mol. The quantitative estimate of drug-likeness (QED) is 0.520. The molecule has 0 saturated heterocycles. The van der Waals surface area contributed by atoms with Crippen LogP contribution in [0.1, 0.15) is 6.42 Å². The van der Waals surface area contributed by atoms with Crippen molar-refractivity contribution in [3.8, 4) is 5.75 Å². The molecule has 0 aliphatic heterocycles. The van der Waals surface area contributed by atoms with E-state index in [1.54, 1.807) is 6.07 Å². The van der Waals surface area contributed by atoms with Crippen LogP contribution in [0.3, 0.4) is 0 Å². The Labute approximate surface area is 76.1 Å². The molecule has 0 amide bonds. The lowest BCUT2D eigenvalue weighted by atomic mass is 10.3. The molecule has 65 valence electrons. The SMILES string of the molecule is Fc1[c]ccc(OCCCCl)c1. The van der Waals surface area contributed by atoms with E-state index in [-0.39, 0.29) is 0 Å². The smallest absolute Gasteiger partial charge is 0.134 e. The van der Waals surface area contributed by atoms with Gasteiger partial charge in [0.05, 0.1) is 6.61 Å². The minimum atomic E-state index is -0.404. The zero-order valence-corrected chi connectivity index (χ0v) is 7.27. The van der Waals surface area contributed by atoms with Crippen LogP contribution in [0.2, 0.25) is 0 Å². The summed E-state index contributed by atoms with van der Waals surface area (Å²) in [5.41, 5.74) is 0. The number of alkyl halides is 1. The summed E-state index contributed by atoms with van der Waals surface area (Å²) in [4.78, 5) is 0. The highest BCUT2D eigenvalue weighted by Gasteiger charge is 1.94. The van der Waals surface area contributed by atoms with Crippen molar-refractivity contribution in [1.29, 1.82) is 0 Å². The van der Waals surface area contributed by atoms with Crippen molar-refractivity contribution in [2.75, 3.05) is 12.5 Å². The van der Waals surface area contributed by atoms with E-state index in [0.29, 0.717) is 18.2 Å². The maximum atomic E-state index is 12.5. The van der Waals surface area contributed by atoms with Gasteiger partial charge in [0.2, 0.25) is 0 Å². The lowest BCUT2D eigenvalue weighted by molar-refractivity contribution is 0.316. The molecule has 1 radical (unpaired) electrons. The molecule has 1 aromatic rings. The summed E-state index contributed by atoms with van der Waals surface area (Å²) in [7, 11) is 0. The maximum absolute atomic E-state index is 12.5. The van der Waals surface area contributed by atoms with Crippen molar-refractivity contribution >= 4 is 11.6 Å². The number of hydrogen-bond acceptors (Lipinski definition) is 1. The fourth-order valence-electron chi connectivity index (χ4n) is 0.752. The largest absolute Gasteiger partial charge is 0.493 e. The van der Waals surface area contributed by atoms with E-state index in [2.05, 4.69) is 6.07 Å². The number of halogens is 2. The van der Waals surface area contributed by atoms with Crippen LogP contribution in [-0.4, -0.2) is 12.5 Å². The molecule has 3 heteroatoms. The summed E-state index contributed by atoms with van der Waals surface area (Å²) >= 11 is 5.44. The van der Waals surface area contributed by atoms with E-state index in [1.807, 2.05) is 0 Å². The van der Waals surface area contributed by atoms with Gasteiger partial charge in [-0.15, -0.1) is 11.6 Å². The first-order valence-corrected chi connectivity index (χ1v) is 4.22. The van der Waals surface area contributed by atoms with Crippen LogP contribution in [0.25, 0.3) is 0 Å². The van der Waals surface area contributed by atoms with Crippen LogP contribution < -0.4 is 4.74 Å². The zero-order chi connectivity index (χ0) is 8.81. The molecule has 0 N–H and O–H groups in total. The van der Waals surface area contributed by atoms with Gasteiger partial charge in [0.25, 0.3) is 0 Å². The van der Waals surface area contributed by atoms with E-state index in [1.165, 1.54) is 12.1 Å². The first kappa shape index (κ1) is 9.33. The standard InChI is InChI=1S/C9H9ClFO/c10-5-2-6-12-9-4-1-3-8(11)7-9/h1,4,7H,2,5-6H2. The first-order chi connectivity index (χ1) is 5.83. The molecule has 0 bridgehead atoms. The van der Waals surface area contributed by atoms with Gasteiger partial charge >= 0.3 is 0 Å². The highest BCUT2D eigenvalue weighted by molar-refractivity contribution is 6.17. The van der Waals surface area contributed by atoms with Gasteiger partial charge in [-0.2, -0.15) is 0 Å². The molecule has 12 heavy (non-hydrogen) atoms. The van der Waals surface area contributed by atoms with Gasteiger partial charge in [-0.05, 0) is 18.6 Å². The number of hydrogen-bond donors (Lipinski definition) is 0. The predicted octanol–water partition coefficient (Wildman–Crippen LogP) is 2.63. The Kier molecular flexibility index (Phi) is 3.88. The van der Waals surface area contributed by atoms with E-state index in [4.69, 9.17) is 16.3 Å². The topological polar surface area (TPSA) is 9.23 Å². The van der Waals surface area contributed by atoms with Crippen molar-refractivity contribution in [2.45, 2.75) is 6.42 Å². The fourth-order valence-corrected chi connectivity index (χ4v) is 0.862. The second-order valence-corrected chi connectivity index (χ2v) is 2.64.